The first-order valence-corrected chi connectivity index (χ1v) is 7.71. The molecule has 3 heteroatoms. The molecule has 1 heterocycles. The third kappa shape index (κ3) is 6.24. The van der Waals surface area contributed by atoms with Gasteiger partial charge in [0.15, 0.2) is 0 Å². The van der Waals surface area contributed by atoms with E-state index in [1.807, 2.05) is 6.20 Å². The van der Waals surface area contributed by atoms with Gasteiger partial charge in [0.1, 0.15) is 5.82 Å². The van der Waals surface area contributed by atoms with E-state index in [0.29, 0.717) is 0 Å². The first-order chi connectivity index (χ1) is 8.96. The third-order valence-electron chi connectivity index (χ3n) is 3.58. The highest BCUT2D eigenvalue weighted by Crippen LogP contribution is 2.16. The molecule has 0 fully saturated rings. The van der Waals surface area contributed by atoms with Crippen LogP contribution in [0.3, 0.4) is 0 Å². The summed E-state index contributed by atoms with van der Waals surface area (Å²) in [6.07, 6.45) is 9.25. The summed E-state index contributed by atoms with van der Waals surface area (Å²) in [5.74, 6) is 1.94. The van der Waals surface area contributed by atoms with Crippen LogP contribution in [-0.4, -0.2) is 15.1 Å². The van der Waals surface area contributed by atoms with Gasteiger partial charge in [0.05, 0.1) is 6.54 Å². The lowest BCUT2D eigenvalue weighted by molar-refractivity contribution is 0.370. The van der Waals surface area contributed by atoms with Crippen molar-refractivity contribution in [2.45, 2.75) is 78.9 Å². The van der Waals surface area contributed by atoms with Crippen LogP contribution >= 0.6 is 0 Å². The van der Waals surface area contributed by atoms with E-state index >= 15 is 0 Å². The van der Waals surface area contributed by atoms with Crippen LogP contribution in [0.1, 0.15) is 66.1 Å². The van der Waals surface area contributed by atoms with Crippen molar-refractivity contribution < 1.29 is 0 Å². The van der Waals surface area contributed by atoms with E-state index in [9.17, 15) is 0 Å². The maximum absolute atomic E-state index is 4.49. The highest BCUT2D eigenvalue weighted by molar-refractivity contribution is 4.93. The second kappa shape index (κ2) is 7.68. The van der Waals surface area contributed by atoms with Crippen molar-refractivity contribution in [2.75, 3.05) is 0 Å². The number of hydrogen-bond acceptors (Lipinski definition) is 2. The molecule has 0 aliphatic heterocycles. The van der Waals surface area contributed by atoms with Crippen LogP contribution < -0.4 is 5.32 Å². The fraction of sp³-hybridized carbons (Fsp3) is 0.812. The lowest BCUT2D eigenvalue weighted by Gasteiger charge is -2.22. The SMILES string of the molecule is CCCCC(CC)Cn1ccnc1CNC(C)(C)C. The van der Waals surface area contributed by atoms with Crippen LogP contribution in [0.5, 0.6) is 0 Å². The first-order valence-electron chi connectivity index (χ1n) is 7.71. The predicted molar refractivity (Wildman–Crippen MR) is 82.1 cm³/mol. The van der Waals surface area contributed by atoms with E-state index in [1.165, 1.54) is 25.7 Å². The van der Waals surface area contributed by atoms with Gasteiger partial charge >= 0.3 is 0 Å². The first kappa shape index (κ1) is 16.2. The van der Waals surface area contributed by atoms with Crippen LogP contribution in [-0.2, 0) is 13.1 Å². The minimum Gasteiger partial charge on any atom is -0.334 e. The van der Waals surface area contributed by atoms with Crippen molar-refractivity contribution in [1.82, 2.24) is 14.9 Å². The molecule has 1 unspecified atom stereocenters. The third-order valence-corrected chi connectivity index (χ3v) is 3.58. The van der Waals surface area contributed by atoms with Gasteiger partial charge in [-0.05, 0) is 33.1 Å². The molecule has 0 spiro atoms. The summed E-state index contributed by atoms with van der Waals surface area (Å²) in [6, 6.07) is 0. The smallest absolute Gasteiger partial charge is 0.122 e. The maximum atomic E-state index is 4.49. The van der Waals surface area contributed by atoms with Crippen molar-refractivity contribution in [3.8, 4) is 0 Å². The van der Waals surface area contributed by atoms with Crippen molar-refractivity contribution in [3.05, 3.63) is 18.2 Å². The summed E-state index contributed by atoms with van der Waals surface area (Å²) in [5.41, 5.74) is 0.142. The zero-order valence-electron chi connectivity index (χ0n) is 13.4. The van der Waals surface area contributed by atoms with Gasteiger partial charge in [-0.1, -0.05) is 33.1 Å². The van der Waals surface area contributed by atoms with Crippen molar-refractivity contribution in [1.29, 1.82) is 0 Å². The van der Waals surface area contributed by atoms with Gasteiger partial charge in [0, 0.05) is 24.5 Å². The molecule has 0 aliphatic carbocycles. The molecule has 1 atom stereocenters. The lowest BCUT2D eigenvalue weighted by Crippen LogP contribution is -2.36. The monoisotopic (exact) mass is 265 g/mol. The van der Waals surface area contributed by atoms with Gasteiger partial charge in [0.25, 0.3) is 0 Å². The van der Waals surface area contributed by atoms with Crippen LogP contribution in [0.25, 0.3) is 0 Å². The highest BCUT2D eigenvalue weighted by Gasteiger charge is 2.13. The Balaban J connectivity index is 2.56. The number of nitrogens with one attached hydrogen (secondary N) is 1. The molecule has 0 saturated carbocycles. The topological polar surface area (TPSA) is 29.9 Å². The molecule has 0 aromatic carbocycles. The number of imidazole rings is 1. The Labute approximate surface area is 118 Å². The van der Waals surface area contributed by atoms with Crippen molar-refractivity contribution in [2.24, 2.45) is 5.92 Å². The van der Waals surface area contributed by atoms with Gasteiger partial charge in [-0.3, -0.25) is 0 Å². The molecule has 1 rings (SSSR count). The van der Waals surface area contributed by atoms with E-state index in [2.05, 4.69) is 55.7 Å². The average Bonchev–Trinajstić information content (AvgIpc) is 2.78. The summed E-state index contributed by atoms with van der Waals surface area (Å²) >= 11 is 0. The molecule has 0 amide bonds. The van der Waals surface area contributed by atoms with Gasteiger partial charge in [-0.25, -0.2) is 4.98 Å². The number of nitrogens with zero attached hydrogens (tertiary/aromatic N) is 2. The normalized spacial score (nSPS) is 13.7. The predicted octanol–water partition coefficient (Wildman–Crippen LogP) is 3.99. The Kier molecular flexibility index (Phi) is 6.56. The lowest BCUT2D eigenvalue weighted by atomic mass is 9.99. The minimum absolute atomic E-state index is 0.142. The number of rotatable bonds is 8. The Morgan fingerprint density at radius 1 is 1.32 bits per heavy atom. The standard InChI is InChI=1S/C16H31N3/c1-6-8-9-14(7-2)13-19-11-10-17-15(19)12-18-16(3,4)5/h10-11,14,18H,6-9,12-13H2,1-5H3. The molecule has 110 valence electrons. The molecule has 1 aromatic rings. The number of unbranched alkanes of at least 4 members (excludes halogenated alkanes) is 1. The van der Waals surface area contributed by atoms with Crippen LogP contribution in [0, 0.1) is 5.92 Å². The van der Waals surface area contributed by atoms with Crippen molar-refractivity contribution >= 4 is 0 Å². The van der Waals surface area contributed by atoms with E-state index in [-0.39, 0.29) is 5.54 Å². The zero-order chi connectivity index (χ0) is 14.3. The molecule has 19 heavy (non-hydrogen) atoms. The molecular weight excluding hydrogens is 234 g/mol. The summed E-state index contributed by atoms with van der Waals surface area (Å²) in [6.45, 7) is 13.1. The Morgan fingerprint density at radius 3 is 2.63 bits per heavy atom. The Hall–Kier alpha value is -0.830. The quantitative estimate of drug-likeness (QED) is 0.770. The fourth-order valence-corrected chi connectivity index (χ4v) is 2.21. The molecule has 0 radical (unpaired) electrons. The maximum Gasteiger partial charge on any atom is 0.122 e. The largest absolute Gasteiger partial charge is 0.334 e. The summed E-state index contributed by atoms with van der Waals surface area (Å²) < 4.78 is 2.32. The van der Waals surface area contributed by atoms with Crippen molar-refractivity contribution in [3.63, 3.8) is 0 Å². The van der Waals surface area contributed by atoms with Crippen LogP contribution in [0.2, 0.25) is 0 Å². The molecular formula is C16H31N3. The second-order valence-electron chi connectivity index (χ2n) is 6.52. The minimum atomic E-state index is 0.142. The van der Waals surface area contributed by atoms with E-state index in [1.54, 1.807) is 0 Å². The highest BCUT2D eigenvalue weighted by atomic mass is 15.1. The molecule has 3 nitrogen and oxygen atoms in total. The molecule has 0 aliphatic rings. The van der Waals surface area contributed by atoms with Gasteiger partial charge in [-0.15, -0.1) is 0 Å². The Morgan fingerprint density at radius 2 is 2.05 bits per heavy atom. The summed E-state index contributed by atoms with van der Waals surface area (Å²) in [7, 11) is 0. The zero-order valence-corrected chi connectivity index (χ0v) is 13.4. The van der Waals surface area contributed by atoms with Crippen LogP contribution in [0.4, 0.5) is 0 Å². The number of hydrogen-bond donors (Lipinski definition) is 1. The van der Waals surface area contributed by atoms with Gasteiger partial charge in [0.2, 0.25) is 0 Å². The Bertz CT molecular complexity index is 349. The second-order valence-corrected chi connectivity index (χ2v) is 6.52. The summed E-state index contributed by atoms with van der Waals surface area (Å²) in [4.78, 5) is 4.49. The van der Waals surface area contributed by atoms with E-state index in [4.69, 9.17) is 0 Å². The molecule has 1 N–H and O–H groups in total. The van der Waals surface area contributed by atoms with Gasteiger partial charge < -0.3 is 9.88 Å². The number of aromatic nitrogens is 2. The van der Waals surface area contributed by atoms with Crippen LogP contribution in [0.15, 0.2) is 12.4 Å². The van der Waals surface area contributed by atoms with Gasteiger partial charge in [-0.2, -0.15) is 0 Å². The molecule has 0 bridgehead atoms. The average molecular weight is 265 g/mol. The fourth-order valence-electron chi connectivity index (χ4n) is 2.21. The summed E-state index contributed by atoms with van der Waals surface area (Å²) in [5, 5.41) is 3.52. The van der Waals surface area contributed by atoms with E-state index < -0.39 is 0 Å². The molecule has 0 saturated heterocycles. The van der Waals surface area contributed by atoms with E-state index in [0.717, 1.165) is 24.8 Å². The molecule has 1 aromatic heterocycles.